The summed E-state index contributed by atoms with van der Waals surface area (Å²) in [4.78, 5) is 0. The second-order valence-electron chi connectivity index (χ2n) is 5.52. The van der Waals surface area contributed by atoms with E-state index in [0.717, 1.165) is 12.8 Å². The molecule has 0 heterocycles. The third-order valence-corrected chi connectivity index (χ3v) is 5.61. The second kappa shape index (κ2) is 6.65. The van der Waals surface area contributed by atoms with E-state index in [-0.39, 0.29) is 11.2 Å². The lowest BCUT2D eigenvalue weighted by Gasteiger charge is -2.36. The molecule has 0 radical (unpaired) electrons. The van der Waals surface area contributed by atoms with Crippen molar-refractivity contribution in [1.82, 2.24) is 0 Å². The largest absolute Gasteiger partial charge is 0.207 e. The number of alkyl halides is 2. The van der Waals surface area contributed by atoms with Gasteiger partial charge in [-0.15, -0.1) is 23.2 Å². The number of hydrogen-bond donors (Lipinski definition) is 0. The van der Waals surface area contributed by atoms with Crippen LogP contribution < -0.4 is 0 Å². The fraction of sp³-hybridized carbons (Fsp3) is 0.600. The Morgan fingerprint density at radius 2 is 1.79 bits per heavy atom. The molecule has 0 aromatic heterocycles. The molecular weight excluding hydrogens is 306 g/mol. The van der Waals surface area contributed by atoms with E-state index in [1.54, 1.807) is 12.1 Å². The maximum Gasteiger partial charge on any atom is 0.127 e. The minimum atomic E-state index is -0.259. The molecular formula is C15H18Cl3F. The van der Waals surface area contributed by atoms with Crippen molar-refractivity contribution in [3.63, 3.8) is 0 Å². The molecule has 0 aliphatic heterocycles. The molecule has 1 saturated carbocycles. The van der Waals surface area contributed by atoms with E-state index >= 15 is 0 Å². The van der Waals surface area contributed by atoms with Crippen LogP contribution in [0, 0.1) is 17.2 Å². The molecule has 4 heteroatoms. The maximum atomic E-state index is 14.0. The van der Waals surface area contributed by atoms with E-state index in [2.05, 4.69) is 0 Å². The predicted octanol–water partition coefficient (Wildman–Crippen LogP) is 5.68. The average molecular weight is 324 g/mol. The summed E-state index contributed by atoms with van der Waals surface area (Å²) in [7, 11) is 0. The second-order valence-corrected chi connectivity index (χ2v) is 6.49. The van der Waals surface area contributed by atoms with Crippen LogP contribution in [-0.4, -0.2) is 11.8 Å². The van der Waals surface area contributed by atoms with Crippen LogP contribution in [0.3, 0.4) is 0 Å². The Bertz CT molecular complexity index is 423. The summed E-state index contributed by atoms with van der Waals surface area (Å²) in [5.41, 5.74) is 0.464. The summed E-state index contributed by atoms with van der Waals surface area (Å²) in [5.74, 6) is 1.19. The zero-order valence-electron chi connectivity index (χ0n) is 10.8. The predicted molar refractivity (Wildman–Crippen MR) is 80.9 cm³/mol. The first-order valence-electron chi connectivity index (χ1n) is 6.67. The van der Waals surface area contributed by atoms with Crippen LogP contribution >= 0.6 is 34.8 Å². The van der Waals surface area contributed by atoms with Crippen LogP contribution in [0.1, 0.15) is 31.2 Å². The molecule has 1 aromatic carbocycles. The van der Waals surface area contributed by atoms with E-state index in [0.29, 0.717) is 34.7 Å². The van der Waals surface area contributed by atoms with Gasteiger partial charge >= 0.3 is 0 Å². The van der Waals surface area contributed by atoms with Crippen molar-refractivity contribution < 1.29 is 4.39 Å². The normalized spacial score (nSPS) is 17.1. The monoisotopic (exact) mass is 322 g/mol. The number of benzene rings is 1. The summed E-state index contributed by atoms with van der Waals surface area (Å²) in [5, 5.41) is 0.421. The average Bonchev–Trinajstić information content (AvgIpc) is 2.93. The van der Waals surface area contributed by atoms with Crippen LogP contribution in [0.25, 0.3) is 0 Å². The van der Waals surface area contributed by atoms with E-state index in [9.17, 15) is 4.39 Å². The molecule has 1 aliphatic carbocycles. The first-order chi connectivity index (χ1) is 9.11. The van der Waals surface area contributed by atoms with Gasteiger partial charge in [0.1, 0.15) is 5.82 Å². The highest BCUT2D eigenvalue weighted by atomic mass is 35.5. The Morgan fingerprint density at radius 3 is 2.32 bits per heavy atom. The standard InChI is InChI=1S/C15H18Cl3F/c16-9-15(10-17,12-3-1-2-4-12)8-11-5-6-13(18)7-14(11)19/h5-7,12H,1-4,8-10H2. The molecule has 0 N–H and O–H groups in total. The van der Waals surface area contributed by atoms with Gasteiger partial charge in [-0.2, -0.15) is 0 Å². The van der Waals surface area contributed by atoms with Crippen LogP contribution in [-0.2, 0) is 6.42 Å². The topological polar surface area (TPSA) is 0 Å². The van der Waals surface area contributed by atoms with Gasteiger partial charge in [-0.05, 0) is 42.9 Å². The highest BCUT2D eigenvalue weighted by Gasteiger charge is 2.39. The van der Waals surface area contributed by atoms with E-state index < -0.39 is 0 Å². The summed E-state index contributed by atoms with van der Waals surface area (Å²) in [6, 6.07) is 4.83. The van der Waals surface area contributed by atoms with Crippen LogP contribution in [0.5, 0.6) is 0 Å². The van der Waals surface area contributed by atoms with Crippen molar-refractivity contribution in [2.75, 3.05) is 11.8 Å². The van der Waals surface area contributed by atoms with Gasteiger partial charge < -0.3 is 0 Å². The fourth-order valence-corrected chi connectivity index (χ4v) is 4.15. The Kier molecular flexibility index (Phi) is 5.39. The smallest absolute Gasteiger partial charge is 0.127 e. The Hall–Kier alpha value is 0.0200. The van der Waals surface area contributed by atoms with Gasteiger partial charge in [0, 0.05) is 22.2 Å². The molecule has 0 unspecified atom stereocenters. The molecule has 1 fully saturated rings. The molecule has 0 saturated heterocycles. The third kappa shape index (κ3) is 3.37. The molecule has 106 valence electrons. The summed E-state index contributed by atoms with van der Waals surface area (Å²) >= 11 is 18.2. The zero-order valence-corrected chi connectivity index (χ0v) is 13.0. The molecule has 2 rings (SSSR count). The molecule has 0 nitrogen and oxygen atoms in total. The van der Waals surface area contributed by atoms with Crippen molar-refractivity contribution in [2.24, 2.45) is 11.3 Å². The SMILES string of the molecule is Fc1cc(Cl)ccc1CC(CCl)(CCl)C1CCCC1. The number of rotatable bonds is 5. The van der Waals surface area contributed by atoms with Gasteiger partial charge in [0.25, 0.3) is 0 Å². The highest BCUT2D eigenvalue weighted by molar-refractivity contribution is 6.30. The van der Waals surface area contributed by atoms with Gasteiger partial charge in [-0.1, -0.05) is 30.5 Å². The molecule has 0 amide bonds. The molecule has 0 spiro atoms. The third-order valence-electron chi connectivity index (χ3n) is 4.31. The van der Waals surface area contributed by atoms with Crippen molar-refractivity contribution in [3.8, 4) is 0 Å². The Balaban J connectivity index is 2.24. The summed E-state index contributed by atoms with van der Waals surface area (Å²) in [6.45, 7) is 0. The lowest BCUT2D eigenvalue weighted by Crippen LogP contribution is -2.36. The summed E-state index contributed by atoms with van der Waals surface area (Å²) < 4.78 is 14.0. The fourth-order valence-electron chi connectivity index (χ4n) is 3.08. The molecule has 0 bridgehead atoms. The van der Waals surface area contributed by atoms with Gasteiger partial charge in [-0.3, -0.25) is 0 Å². The van der Waals surface area contributed by atoms with Gasteiger partial charge in [-0.25, -0.2) is 4.39 Å². The first kappa shape index (κ1) is 15.4. The van der Waals surface area contributed by atoms with Crippen LogP contribution in [0.2, 0.25) is 5.02 Å². The van der Waals surface area contributed by atoms with Gasteiger partial charge in [0.05, 0.1) is 0 Å². The highest BCUT2D eigenvalue weighted by Crippen LogP contribution is 2.44. The number of halogens is 4. The van der Waals surface area contributed by atoms with E-state index in [1.165, 1.54) is 18.9 Å². The molecule has 19 heavy (non-hydrogen) atoms. The van der Waals surface area contributed by atoms with Gasteiger partial charge in [0.2, 0.25) is 0 Å². The van der Waals surface area contributed by atoms with E-state index in [1.807, 2.05) is 0 Å². The molecule has 0 atom stereocenters. The van der Waals surface area contributed by atoms with Crippen molar-refractivity contribution in [2.45, 2.75) is 32.1 Å². The van der Waals surface area contributed by atoms with E-state index in [4.69, 9.17) is 34.8 Å². The Morgan fingerprint density at radius 1 is 1.16 bits per heavy atom. The van der Waals surface area contributed by atoms with Crippen molar-refractivity contribution >= 4 is 34.8 Å². The number of hydrogen-bond acceptors (Lipinski definition) is 0. The molecule has 1 aromatic rings. The van der Waals surface area contributed by atoms with Gasteiger partial charge in [0.15, 0.2) is 0 Å². The van der Waals surface area contributed by atoms with Crippen molar-refractivity contribution in [3.05, 3.63) is 34.6 Å². The Labute approximate surface area is 129 Å². The zero-order chi connectivity index (χ0) is 13.9. The van der Waals surface area contributed by atoms with Crippen molar-refractivity contribution in [1.29, 1.82) is 0 Å². The minimum Gasteiger partial charge on any atom is -0.207 e. The quantitative estimate of drug-likeness (QED) is 0.612. The minimum absolute atomic E-state index is 0.200. The lowest BCUT2D eigenvalue weighted by molar-refractivity contribution is 0.223. The lowest BCUT2D eigenvalue weighted by atomic mass is 9.73. The molecule has 1 aliphatic rings. The first-order valence-corrected chi connectivity index (χ1v) is 8.12. The maximum absolute atomic E-state index is 14.0. The summed E-state index contributed by atoms with van der Waals surface area (Å²) in [6.07, 6.45) is 5.34. The van der Waals surface area contributed by atoms with Crippen LogP contribution in [0.4, 0.5) is 4.39 Å². The van der Waals surface area contributed by atoms with Crippen LogP contribution in [0.15, 0.2) is 18.2 Å².